The Morgan fingerprint density at radius 1 is 0.364 bits per heavy atom. The van der Waals surface area contributed by atoms with Gasteiger partial charge in [0.2, 0.25) is 0 Å². The summed E-state index contributed by atoms with van der Waals surface area (Å²) < 4.78 is 0. The van der Waals surface area contributed by atoms with E-state index in [2.05, 4.69) is 37.9 Å². The van der Waals surface area contributed by atoms with Crippen molar-refractivity contribution in [2.75, 3.05) is 0 Å². The molecule has 0 aliphatic carbocycles. The Labute approximate surface area is 167 Å². The molecule has 113 valence electrons. The third-order valence-electron chi connectivity index (χ3n) is 2.27. The Kier molecular flexibility index (Phi) is 13.8. The van der Waals surface area contributed by atoms with E-state index in [1.165, 1.54) is 0 Å². The van der Waals surface area contributed by atoms with Gasteiger partial charge in [-0.3, -0.25) is 0 Å². The predicted octanol–water partition coefficient (Wildman–Crippen LogP) is 5.55. The summed E-state index contributed by atoms with van der Waals surface area (Å²) in [7, 11) is 0. The van der Waals surface area contributed by atoms with Gasteiger partial charge in [-0.05, 0) is 36.4 Å². The van der Waals surface area contributed by atoms with Crippen LogP contribution < -0.4 is 0 Å². The van der Waals surface area contributed by atoms with Gasteiger partial charge in [0.05, 0.1) is 0 Å². The van der Waals surface area contributed by atoms with Gasteiger partial charge in [0.15, 0.2) is 0 Å². The first kappa shape index (κ1) is 21.5. The molecule has 0 aliphatic heterocycles. The Balaban J connectivity index is 0.000000294. The molecule has 3 radical (unpaired) electrons. The first-order valence-corrected chi connectivity index (χ1v) is 7.74. The van der Waals surface area contributed by atoms with Crippen LogP contribution in [0.5, 0.6) is 0 Å². The fourth-order valence-corrected chi connectivity index (χ4v) is 1.80. The second kappa shape index (κ2) is 14.1. The van der Waals surface area contributed by atoms with E-state index in [0.29, 0.717) is 0 Å². The largest absolute Gasteiger partial charge is 0.143 e. The normalized spacial score (nSPS) is 8.32. The summed E-state index contributed by atoms with van der Waals surface area (Å²) in [4.78, 5) is 3.05. The molecule has 0 heterocycles. The van der Waals surface area contributed by atoms with Gasteiger partial charge in [0.25, 0.3) is 0 Å². The zero-order valence-corrected chi connectivity index (χ0v) is 17.2. The summed E-state index contributed by atoms with van der Waals surface area (Å²) in [5, 5.41) is 0. The van der Waals surface area contributed by atoms with Crippen molar-refractivity contribution in [3.63, 3.8) is 0 Å². The topological polar surface area (TPSA) is 0 Å². The van der Waals surface area contributed by atoms with Gasteiger partial charge >= 0.3 is 0 Å². The van der Waals surface area contributed by atoms with Crippen molar-refractivity contribution in [3.8, 4) is 0 Å². The summed E-state index contributed by atoms with van der Waals surface area (Å²) in [5.74, 6) is 0. The maximum absolute atomic E-state index is 4.08. The van der Waals surface area contributed by atoms with Crippen LogP contribution in [0.25, 0.3) is 0 Å². The molecule has 0 nitrogen and oxygen atoms in total. The first-order valence-electron chi connectivity index (χ1n) is 6.40. The third kappa shape index (κ3) is 12.1. The van der Waals surface area contributed by atoms with E-state index >= 15 is 0 Å². The van der Waals surface area contributed by atoms with Gasteiger partial charge in [-0.15, -0.1) is 37.9 Å². The minimum absolute atomic E-state index is 0. The number of benzene rings is 3. The molecule has 0 aliphatic rings. The molecule has 0 saturated heterocycles. The average molecular weight is 452 g/mol. The molecule has 0 bridgehead atoms. The number of hydrogen-bond acceptors (Lipinski definition) is 3. The maximum Gasteiger partial charge on any atom is 0.00399 e. The minimum Gasteiger partial charge on any atom is -0.143 e. The quantitative estimate of drug-likeness (QED) is 0.289. The number of rotatable bonds is 0. The number of thiol groups is 3. The van der Waals surface area contributed by atoms with Crippen molar-refractivity contribution in [1.82, 2.24) is 0 Å². The van der Waals surface area contributed by atoms with Crippen LogP contribution in [-0.2, 0) is 0 Å². The van der Waals surface area contributed by atoms with E-state index in [4.69, 9.17) is 0 Å². The van der Waals surface area contributed by atoms with Crippen molar-refractivity contribution >= 4 is 62.3 Å². The van der Waals surface area contributed by atoms with Gasteiger partial charge in [-0.2, -0.15) is 0 Å². The fourth-order valence-electron chi connectivity index (χ4n) is 1.28. The molecule has 0 atom stereocenters. The van der Waals surface area contributed by atoms with Crippen molar-refractivity contribution in [1.29, 1.82) is 0 Å². The summed E-state index contributed by atoms with van der Waals surface area (Å²) >= 11 is 12.3. The molecule has 22 heavy (non-hydrogen) atoms. The summed E-state index contributed by atoms with van der Waals surface area (Å²) in [6.07, 6.45) is 0. The molecule has 0 aromatic heterocycles. The van der Waals surface area contributed by atoms with Crippen LogP contribution in [0.15, 0.2) is 106 Å². The molecule has 4 heteroatoms. The molecule has 3 rings (SSSR count). The zero-order valence-electron chi connectivity index (χ0n) is 11.9. The summed E-state index contributed by atoms with van der Waals surface area (Å²) in [6, 6.07) is 29.4. The third-order valence-corrected chi connectivity index (χ3v) is 3.16. The van der Waals surface area contributed by atoms with Crippen molar-refractivity contribution in [3.05, 3.63) is 91.0 Å². The molecule has 3 aromatic carbocycles. The number of hydrogen-bond donors (Lipinski definition) is 3. The molecule has 0 spiro atoms. The fraction of sp³-hybridized carbons (Fsp3) is 0. The van der Waals surface area contributed by atoms with E-state index in [0.717, 1.165) is 14.7 Å². The molecule has 0 amide bonds. The molecule has 0 saturated carbocycles. The van der Waals surface area contributed by atoms with Crippen LogP contribution >= 0.6 is 37.9 Å². The monoisotopic (exact) mass is 451 g/mol. The van der Waals surface area contributed by atoms with Crippen molar-refractivity contribution < 1.29 is 0 Å². The predicted molar refractivity (Wildman–Crippen MR) is 107 cm³/mol. The van der Waals surface area contributed by atoms with E-state index in [1.54, 1.807) is 0 Å². The van der Waals surface area contributed by atoms with Crippen LogP contribution in [-0.4, -0.2) is 24.4 Å². The molecule has 3 aromatic rings. The van der Waals surface area contributed by atoms with Crippen LogP contribution in [0.1, 0.15) is 0 Å². The van der Waals surface area contributed by atoms with Crippen LogP contribution in [0.4, 0.5) is 0 Å². The Hall–Kier alpha value is -0.472. The SMILES string of the molecule is Sc1ccccc1.Sc1ccccc1.Sc1ccccc1.[Sb]. The summed E-state index contributed by atoms with van der Waals surface area (Å²) in [5.41, 5.74) is 0. The maximum atomic E-state index is 4.08. The van der Waals surface area contributed by atoms with Crippen LogP contribution in [0, 0.1) is 0 Å². The van der Waals surface area contributed by atoms with E-state index in [-0.39, 0.29) is 24.4 Å². The molecule has 0 unspecified atom stereocenters. The van der Waals surface area contributed by atoms with Gasteiger partial charge in [0.1, 0.15) is 0 Å². The van der Waals surface area contributed by atoms with E-state index in [9.17, 15) is 0 Å². The van der Waals surface area contributed by atoms with Crippen LogP contribution in [0.2, 0.25) is 0 Å². The van der Waals surface area contributed by atoms with E-state index in [1.807, 2.05) is 91.0 Å². The van der Waals surface area contributed by atoms with Crippen molar-refractivity contribution in [2.45, 2.75) is 14.7 Å². The van der Waals surface area contributed by atoms with Gasteiger partial charge < -0.3 is 0 Å². The summed E-state index contributed by atoms with van der Waals surface area (Å²) in [6.45, 7) is 0. The Morgan fingerprint density at radius 2 is 0.545 bits per heavy atom. The zero-order chi connectivity index (χ0) is 15.3. The molecular weight excluding hydrogens is 434 g/mol. The molecular formula is C18H18S3Sb. The van der Waals surface area contributed by atoms with Gasteiger partial charge in [0, 0.05) is 39.1 Å². The minimum atomic E-state index is 0. The molecule has 0 N–H and O–H groups in total. The average Bonchev–Trinajstić information content (AvgIpc) is 2.51. The molecule has 0 fully saturated rings. The second-order valence-corrected chi connectivity index (χ2v) is 5.56. The van der Waals surface area contributed by atoms with Gasteiger partial charge in [-0.1, -0.05) is 54.6 Å². The van der Waals surface area contributed by atoms with Crippen molar-refractivity contribution in [2.24, 2.45) is 0 Å². The first-order chi connectivity index (χ1) is 10.2. The Bertz CT molecular complexity index is 497. The van der Waals surface area contributed by atoms with Gasteiger partial charge in [-0.25, -0.2) is 0 Å². The van der Waals surface area contributed by atoms with Crippen LogP contribution in [0.3, 0.4) is 0 Å². The standard InChI is InChI=1S/3C6H6S.Sb/c3*7-6-4-2-1-3-5-6;/h3*1-5,7H;. The van der Waals surface area contributed by atoms with E-state index < -0.39 is 0 Å². The second-order valence-electron chi connectivity index (χ2n) is 4.01. The smallest absolute Gasteiger partial charge is 0.00399 e. The Morgan fingerprint density at radius 3 is 0.636 bits per heavy atom.